The number of nitriles is 1. The molecule has 24 heavy (non-hydrogen) atoms. The van der Waals surface area contributed by atoms with Crippen LogP contribution in [0.25, 0.3) is 0 Å². The van der Waals surface area contributed by atoms with E-state index < -0.39 is 0 Å². The molecule has 3 rings (SSSR count). The van der Waals surface area contributed by atoms with Crippen LogP contribution < -0.4 is 10.6 Å². The Balaban J connectivity index is 1.48. The van der Waals surface area contributed by atoms with E-state index in [0.29, 0.717) is 31.1 Å². The monoisotopic (exact) mass is 326 g/mol. The molecule has 1 aromatic rings. The van der Waals surface area contributed by atoms with Crippen molar-refractivity contribution < 1.29 is 9.59 Å². The minimum absolute atomic E-state index is 0.0214. The van der Waals surface area contributed by atoms with Gasteiger partial charge in [0.2, 0.25) is 5.91 Å². The molecule has 1 saturated carbocycles. The molecule has 6 heteroatoms. The molecule has 0 unspecified atom stereocenters. The molecule has 0 spiro atoms. The molecule has 1 saturated heterocycles. The van der Waals surface area contributed by atoms with E-state index in [1.54, 1.807) is 11.0 Å². The molecule has 0 radical (unpaired) electrons. The summed E-state index contributed by atoms with van der Waals surface area (Å²) in [6.45, 7) is 1.11. The molecule has 1 aromatic carbocycles. The van der Waals surface area contributed by atoms with Gasteiger partial charge in [0, 0.05) is 19.1 Å². The van der Waals surface area contributed by atoms with Gasteiger partial charge in [0.1, 0.15) is 6.04 Å². The van der Waals surface area contributed by atoms with E-state index in [1.807, 2.05) is 18.2 Å². The van der Waals surface area contributed by atoms with Gasteiger partial charge in [-0.3, -0.25) is 4.79 Å². The first-order valence-electron chi connectivity index (χ1n) is 8.51. The summed E-state index contributed by atoms with van der Waals surface area (Å²) < 4.78 is 0. The number of benzene rings is 1. The lowest BCUT2D eigenvalue weighted by atomic mass is 10.1. The third kappa shape index (κ3) is 4.05. The van der Waals surface area contributed by atoms with E-state index >= 15 is 0 Å². The van der Waals surface area contributed by atoms with Crippen molar-refractivity contribution in [2.75, 3.05) is 13.1 Å². The number of hydrogen-bond acceptors (Lipinski definition) is 3. The lowest BCUT2D eigenvalue weighted by Crippen LogP contribution is -2.50. The zero-order valence-electron chi connectivity index (χ0n) is 13.6. The normalized spacial score (nSPS) is 19.6. The third-order valence-corrected chi connectivity index (χ3v) is 4.49. The number of urea groups is 1. The Morgan fingerprint density at radius 3 is 2.88 bits per heavy atom. The minimum atomic E-state index is -0.340. The number of nitrogens with one attached hydrogen (secondary N) is 2. The van der Waals surface area contributed by atoms with Gasteiger partial charge in [-0.25, -0.2) is 4.79 Å². The second-order valence-electron chi connectivity index (χ2n) is 6.43. The average Bonchev–Trinajstić information content (AvgIpc) is 3.26. The van der Waals surface area contributed by atoms with Gasteiger partial charge in [0.05, 0.1) is 11.6 Å². The fourth-order valence-corrected chi connectivity index (χ4v) is 3.02. The fourth-order valence-electron chi connectivity index (χ4n) is 3.02. The lowest BCUT2D eigenvalue weighted by molar-refractivity contribution is -0.124. The predicted molar refractivity (Wildman–Crippen MR) is 89.2 cm³/mol. The predicted octanol–water partition coefficient (Wildman–Crippen LogP) is 1.55. The van der Waals surface area contributed by atoms with E-state index in [1.165, 1.54) is 0 Å². The van der Waals surface area contributed by atoms with E-state index in [2.05, 4.69) is 16.7 Å². The lowest BCUT2D eigenvalue weighted by Gasteiger charge is -2.24. The Kier molecular flexibility index (Phi) is 4.99. The molecule has 0 aromatic heterocycles. The largest absolute Gasteiger partial charge is 0.352 e. The molecular formula is C18H22N4O2. The summed E-state index contributed by atoms with van der Waals surface area (Å²) in [4.78, 5) is 26.2. The smallest absolute Gasteiger partial charge is 0.318 e. The molecule has 2 aliphatic rings. The first-order chi connectivity index (χ1) is 11.7. The van der Waals surface area contributed by atoms with Crippen molar-refractivity contribution in [1.82, 2.24) is 15.5 Å². The number of amides is 3. The van der Waals surface area contributed by atoms with Crippen LogP contribution in [0.1, 0.15) is 36.8 Å². The van der Waals surface area contributed by atoms with Gasteiger partial charge in [-0.05, 0) is 49.8 Å². The van der Waals surface area contributed by atoms with Gasteiger partial charge in [0.25, 0.3) is 0 Å². The minimum Gasteiger partial charge on any atom is -0.352 e. The maximum absolute atomic E-state index is 12.4. The van der Waals surface area contributed by atoms with Crippen molar-refractivity contribution in [2.45, 2.75) is 44.2 Å². The van der Waals surface area contributed by atoms with Gasteiger partial charge < -0.3 is 15.5 Å². The molecule has 3 amide bonds. The molecule has 6 nitrogen and oxygen atoms in total. The van der Waals surface area contributed by atoms with Gasteiger partial charge in [-0.1, -0.05) is 12.1 Å². The summed E-state index contributed by atoms with van der Waals surface area (Å²) in [5.41, 5.74) is 1.63. The first-order valence-corrected chi connectivity index (χ1v) is 8.51. The molecule has 1 heterocycles. The highest BCUT2D eigenvalue weighted by Gasteiger charge is 2.36. The highest BCUT2D eigenvalue weighted by Crippen LogP contribution is 2.22. The van der Waals surface area contributed by atoms with Gasteiger partial charge in [-0.15, -0.1) is 0 Å². The summed E-state index contributed by atoms with van der Waals surface area (Å²) in [5, 5.41) is 14.8. The van der Waals surface area contributed by atoms with E-state index in [0.717, 1.165) is 31.2 Å². The number of carbonyl (C=O) groups excluding carboxylic acids is 2. The Hall–Kier alpha value is -2.55. The van der Waals surface area contributed by atoms with E-state index in [9.17, 15) is 9.59 Å². The van der Waals surface area contributed by atoms with Crippen LogP contribution in [-0.2, 0) is 11.2 Å². The standard InChI is InChI=1S/C18H22N4O2/c19-12-14-4-1-3-13(11-14)8-9-20-18(24)22-10-2-5-16(22)17(23)21-15-6-7-15/h1,3-4,11,15-16H,2,5-10H2,(H,20,24)(H,21,23)/t16-/m0/s1. The number of nitrogens with zero attached hydrogens (tertiary/aromatic N) is 2. The van der Waals surface area contributed by atoms with Crippen LogP contribution in [0.5, 0.6) is 0 Å². The summed E-state index contributed by atoms with van der Waals surface area (Å²) in [6.07, 6.45) is 4.35. The fraction of sp³-hybridized carbons (Fsp3) is 0.500. The second-order valence-corrected chi connectivity index (χ2v) is 6.43. The molecular weight excluding hydrogens is 304 g/mol. The zero-order valence-corrected chi connectivity index (χ0v) is 13.6. The Bertz CT molecular complexity index is 663. The Labute approximate surface area is 141 Å². The molecule has 1 aliphatic heterocycles. The molecule has 0 bridgehead atoms. The van der Waals surface area contributed by atoms with Crippen LogP contribution in [0.4, 0.5) is 4.79 Å². The highest BCUT2D eigenvalue weighted by atomic mass is 16.2. The number of rotatable bonds is 5. The molecule has 1 aliphatic carbocycles. The summed E-state index contributed by atoms with van der Waals surface area (Å²) in [7, 11) is 0. The van der Waals surface area contributed by atoms with Crippen molar-refractivity contribution in [1.29, 1.82) is 5.26 Å². The summed E-state index contributed by atoms with van der Waals surface area (Å²) in [6, 6.07) is 9.27. The van der Waals surface area contributed by atoms with Crippen LogP contribution in [0.2, 0.25) is 0 Å². The Morgan fingerprint density at radius 1 is 1.29 bits per heavy atom. The van der Waals surface area contributed by atoms with Crippen LogP contribution in [0.3, 0.4) is 0 Å². The maximum Gasteiger partial charge on any atom is 0.318 e. The topological polar surface area (TPSA) is 85.2 Å². The van der Waals surface area contributed by atoms with Crippen molar-refractivity contribution in [3.63, 3.8) is 0 Å². The van der Waals surface area contributed by atoms with Crippen LogP contribution in [0.15, 0.2) is 24.3 Å². The maximum atomic E-state index is 12.4. The highest BCUT2D eigenvalue weighted by molar-refractivity contribution is 5.88. The van der Waals surface area contributed by atoms with E-state index in [-0.39, 0.29) is 18.0 Å². The quantitative estimate of drug-likeness (QED) is 0.861. The first kappa shape index (κ1) is 16.3. The number of carbonyl (C=O) groups is 2. The van der Waals surface area contributed by atoms with Crippen molar-refractivity contribution in [3.05, 3.63) is 35.4 Å². The molecule has 126 valence electrons. The van der Waals surface area contributed by atoms with Crippen molar-refractivity contribution in [2.24, 2.45) is 0 Å². The molecule has 2 N–H and O–H groups in total. The van der Waals surface area contributed by atoms with Crippen molar-refractivity contribution in [3.8, 4) is 6.07 Å². The number of hydrogen-bond donors (Lipinski definition) is 2. The zero-order chi connectivity index (χ0) is 16.9. The average molecular weight is 326 g/mol. The molecule has 1 atom stereocenters. The van der Waals surface area contributed by atoms with Crippen LogP contribution in [0, 0.1) is 11.3 Å². The van der Waals surface area contributed by atoms with E-state index in [4.69, 9.17) is 5.26 Å². The Morgan fingerprint density at radius 2 is 2.12 bits per heavy atom. The molecule has 2 fully saturated rings. The van der Waals surface area contributed by atoms with Crippen LogP contribution >= 0.6 is 0 Å². The third-order valence-electron chi connectivity index (χ3n) is 4.49. The summed E-state index contributed by atoms with van der Waals surface area (Å²) >= 11 is 0. The van der Waals surface area contributed by atoms with Crippen LogP contribution in [-0.4, -0.2) is 42.0 Å². The van der Waals surface area contributed by atoms with Gasteiger partial charge in [-0.2, -0.15) is 5.26 Å². The van der Waals surface area contributed by atoms with Crippen molar-refractivity contribution >= 4 is 11.9 Å². The van der Waals surface area contributed by atoms with Gasteiger partial charge in [0.15, 0.2) is 0 Å². The summed E-state index contributed by atoms with van der Waals surface area (Å²) in [5.74, 6) is -0.0214. The number of likely N-dealkylation sites (tertiary alicyclic amines) is 1. The second kappa shape index (κ2) is 7.35. The SMILES string of the molecule is N#Cc1cccc(CCNC(=O)N2CCC[C@H]2C(=O)NC2CC2)c1. The van der Waals surface area contributed by atoms with Gasteiger partial charge >= 0.3 is 6.03 Å².